The molecule has 0 spiro atoms. The summed E-state index contributed by atoms with van der Waals surface area (Å²) in [5.41, 5.74) is 1.37. The Morgan fingerprint density at radius 3 is 2.30 bits per heavy atom. The summed E-state index contributed by atoms with van der Waals surface area (Å²) in [5.74, 6) is 0.501. The van der Waals surface area contributed by atoms with Crippen molar-refractivity contribution in [2.75, 3.05) is 13.2 Å². The van der Waals surface area contributed by atoms with Crippen molar-refractivity contribution in [3.8, 4) is 22.8 Å². The molecule has 2 heterocycles. The summed E-state index contributed by atoms with van der Waals surface area (Å²) in [6.07, 6.45) is 1.70. The average Bonchev–Trinajstić information content (AvgIpc) is 3.38. The Labute approximate surface area is 158 Å². The first-order valence-corrected chi connectivity index (χ1v) is 10.3. The fraction of sp³-hybridized carbons (Fsp3) is 0.250. The van der Waals surface area contributed by atoms with Gasteiger partial charge in [0.15, 0.2) is 5.76 Å². The number of benzene rings is 2. The molecule has 1 atom stereocenters. The van der Waals surface area contributed by atoms with Crippen molar-refractivity contribution in [3.05, 3.63) is 60.7 Å². The fourth-order valence-electron chi connectivity index (χ4n) is 3.04. The van der Waals surface area contributed by atoms with Crippen molar-refractivity contribution in [3.63, 3.8) is 0 Å². The lowest BCUT2D eigenvalue weighted by Gasteiger charge is -2.10. The van der Waals surface area contributed by atoms with Crippen LogP contribution in [0.4, 0.5) is 0 Å². The Bertz CT molecular complexity index is 995. The van der Waals surface area contributed by atoms with Gasteiger partial charge in [-0.1, -0.05) is 48.5 Å². The van der Waals surface area contributed by atoms with E-state index in [2.05, 4.69) is 9.71 Å². The van der Waals surface area contributed by atoms with Crippen molar-refractivity contribution in [2.45, 2.75) is 24.0 Å². The van der Waals surface area contributed by atoms with Crippen LogP contribution >= 0.6 is 0 Å². The molecule has 1 aliphatic heterocycles. The van der Waals surface area contributed by atoms with Crippen LogP contribution in [0.5, 0.6) is 0 Å². The van der Waals surface area contributed by atoms with Crippen LogP contribution in [-0.2, 0) is 14.8 Å². The number of rotatable bonds is 6. The number of aromatic nitrogens is 1. The monoisotopic (exact) mass is 384 g/mol. The molecule has 3 aromatic rings. The second-order valence-corrected chi connectivity index (χ2v) is 8.05. The number of nitrogens with one attached hydrogen (secondary N) is 1. The smallest absolute Gasteiger partial charge is 0.262 e. The largest absolute Gasteiger partial charge is 0.435 e. The number of hydrogen-bond donors (Lipinski definition) is 1. The minimum Gasteiger partial charge on any atom is -0.435 e. The molecule has 1 N–H and O–H groups in total. The first-order chi connectivity index (χ1) is 13.1. The summed E-state index contributed by atoms with van der Waals surface area (Å²) in [5, 5.41) is -0.106. The Morgan fingerprint density at radius 1 is 1.00 bits per heavy atom. The van der Waals surface area contributed by atoms with E-state index in [1.54, 1.807) is 12.1 Å². The third-order valence-corrected chi connectivity index (χ3v) is 5.76. The van der Waals surface area contributed by atoms with Gasteiger partial charge in [0.1, 0.15) is 0 Å². The van der Waals surface area contributed by atoms with Gasteiger partial charge < -0.3 is 9.15 Å². The van der Waals surface area contributed by atoms with E-state index in [-0.39, 0.29) is 29.3 Å². The minimum atomic E-state index is -3.85. The van der Waals surface area contributed by atoms with Crippen molar-refractivity contribution in [2.24, 2.45) is 0 Å². The molecule has 0 saturated carbocycles. The van der Waals surface area contributed by atoms with E-state index >= 15 is 0 Å². The number of nitrogens with zero attached hydrogens (tertiary/aromatic N) is 1. The van der Waals surface area contributed by atoms with Gasteiger partial charge in [-0.2, -0.15) is 4.98 Å². The first kappa shape index (κ1) is 17.9. The Morgan fingerprint density at radius 2 is 1.67 bits per heavy atom. The van der Waals surface area contributed by atoms with Crippen molar-refractivity contribution in [1.82, 2.24) is 9.71 Å². The normalized spacial score (nSPS) is 17.3. The molecular formula is C20H20N2O4S. The third kappa shape index (κ3) is 3.95. The van der Waals surface area contributed by atoms with Crippen LogP contribution < -0.4 is 4.72 Å². The van der Waals surface area contributed by atoms with E-state index in [4.69, 9.17) is 9.15 Å². The van der Waals surface area contributed by atoms with Gasteiger partial charge in [0.25, 0.3) is 10.0 Å². The highest BCUT2D eigenvalue weighted by atomic mass is 32.2. The topological polar surface area (TPSA) is 81.4 Å². The zero-order valence-corrected chi connectivity index (χ0v) is 15.5. The number of ether oxygens (including phenoxy) is 1. The standard InChI is InChI=1S/C20H20N2O4S/c23-27(24,21-14-17-12-7-13-25-17)20-18(15-8-3-1-4-9-15)26-19(22-20)16-10-5-2-6-11-16/h1-6,8-11,17,21H,7,12-14H2. The molecule has 4 rings (SSSR count). The zero-order valence-electron chi connectivity index (χ0n) is 14.7. The maximum absolute atomic E-state index is 12.9. The molecule has 140 valence electrons. The molecule has 1 unspecified atom stereocenters. The van der Waals surface area contributed by atoms with Gasteiger partial charge in [0.05, 0.1) is 6.10 Å². The summed E-state index contributed by atoms with van der Waals surface area (Å²) in [7, 11) is -3.85. The van der Waals surface area contributed by atoms with Gasteiger partial charge in [-0.15, -0.1) is 0 Å². The average molecular weight is 384 g/mol. The van der Waals surface area contributed by atoms with Crippen LogP contribution in [0.2, 0.25) is 0 Å². The summed E-state index contributed by atoms with van der Waals surface area (Å²) in [6.45, 7) is 0.897. The molecule has 0 bridgehead atoms. The predicted molar refractivity (Wildman–Crippen MR) is 102 cm³/mol. The van der Waals surface area contributed by atoms with Gasteiger partial charge in [-0.25, -0.2) is 13.1 Å². The quantitative estimate of drug-likeness (QED) is 0.704. The highest BCUT2D eigenvalue weighted by Crippen LogP contribution is 2.32. The van der Waals surface area contributed by atoms with E-state index in [9.17, 15) is 8.42 Å². The van der Waals surface area contributed by atoms with Gasteiger partial charge in [0.2, 0.25) is 10.9 Å². The molecule has 6 nitrogen and oxygen atoms in total. The molecule has 1 saturated heterocycles. The van der Waals surface area contributed by atoms with Crippen LogP contribution in [0, 0.1) is 0 Å². The highest BCUT2D eigenvalue weighted by molar-refractivity contribution is 7.89. The van der Waals surface area contributed by atoms with Crippen molar-refractivity contribution in [1.29, 1.82) is 0 Å². The summed E-state index contributed by atoms with van der Waals surface area (Å²) in [4.78, 5) is 4.32. The van der Waals surface area contributed by atoms with Gasteiger partial charge in [-0.05, 0) is 25.0 Å². The summed E-state index contributed by atoms with van der Waals surface area (Å²) >= 11 is 0. The minimum absolute atomic E-state index is 0.0968. The van der Waals surface area contributed by atoms with E-state index < -0.39 is 10.0 Å². The van der Waals surface area contributed by atoms with Crippen LogP contribution in [0.25, 0.3) is 22.8 Å². The Balaban J connectivity index is 1.72. The van der Waals surface area contributed by atoms with Crippen molar-refractivity contribution >= 4 is 10.0 Å². The molecule has 27 heavy (non-hydrogen) atoms. The second kappa shape index (κ2) is 7.64. The first-order valence-electron chi connectivity index (χ1n) is 8.86. The fourth-order valence-corrected chi connectivity index (χ4v) is 4.19. The predicted octanol–water partition coefficient (Wildman–Crippen LogP) is 3.47. The lowest BCUT2D eigenvalue weighted by Crippen LogP contribution is -2.32. The molecule has 7 heteroatoms. The van der Waals surface area contributed by atoms with E-state index in [0.717, 1.165) is 18.4 Å². The van der Waals surface area contributed by atoms with Gasteiger partial charge >= 0.3 is 0 Å². The van der Waals surface area contributed by atoms with Crippen LogP contribution in [-0.4, -0.2) is 32.7 Å². The van der Waals surface area contributed by atoms with Crippen LogP contribution in [0.1, 0.15) is 12.8 Å². The molecule has 1 fully saturated rings. The second-order valence-electron chi connectivity index (χ2n) is 6.37. The Kier molecular flexibility index (Phi) is 5.07. The molecule has 0 aliphatic carbocycles. The molecular weight excluding hydrogens is 364 g/mol. The number of hydrogen-bond acceptors (Lipinski definition) is 5. The Hall–Kier alpha value is -2.48. The zero-order chi connectivity index (χ0) is 18.7. The van der Waals surface area contributed by atoms with E-state index in [1.807, 2.05) is 48.5 Å². The summed E-state index contributed by atoms with van der Waals surface area (Å²) < 4.78 is 39.9. The van der Waals surface area contributed by atoms with E-state index in [0.29, 0.717) is 12.2 Å². The van der Waals surface area contributed by atoms with Crippen LogP contribution in [0.15, 0.2) is 70.1 Å². The highest BCUT2D eigenvalue weighted by Gasteiger charge is 2.28. The number of sulfonamides is 1. The lowest BCUT2D eigenvalue weighted by atomic mass is 10.2. The molecule has 2 aromatic carbocycles. The summed E-state index contributed by atoms with van der Waals surface area (Å²) in [6, 6.07) is 18.4. The SMILES string of the molecule is O=S(=O)(NCC1CCCO1)c1nc(-c2ccccc2)oc1-c1ccccc1. The maximum atomic E-state index is 12.9. The third-order valence-electron chi connectivity index (χ3n) is 4.43. The molecule has 1 aromatic heterocycles. The lowest BCUT2D eigenvalue weighted by molar-refractivity contribution is 0.114. The van der Waals surface area contributed by atoms with Crippen LogP contribution in [0.3, 0.4) is 0 Å². The van der Waals surface area contributed by atoms with E-state index in [1.165, 1.54) is 0 Å². The van der Waals surface area contributed by atoms with Gasteiger partial charge in [0, 0.05) is 24.3 Å². The van der Waals surface area contributed by atoms with Gasteiger partial charge in [-0.3, -0.25) is 0 Å². The number of oxazole rings is 1. The van der Waals surface area contributed by atoms with Crippen molar-refractivity contribution < 1.29 is 17.6 Å². The molecule has 0 radical (unpaired) electrons. The molecule has 1 aliphatic rings. The maximum Gasteiger partial charge on any atom is 0.262 e. The molecule has 0 amide bonds.